The number of aliphatic carboxylic acids is 1. The summed E-state index contributed by atoms with van der Waals surface area (Å²) in [6.45, 7) is 7.96. The summed E-state index contributed by atoms with van der Waals surface area (Å²) in [4.78, 5) is 29.2. The number of aromatic nitrogens is 1. The van der Waals surface area contributed by atoms with E-state index < -0.39 is 18.0 Å². The highest BCUT2D eigenvalue weighted by Crippen LogP contribution is 2.12. The molecule has 0 bridgehead atoms. The molecule has 0 fully saturated rings. The molecule has 1 rings (SSSR count). The second kappa shape index (κ2) is 7.77. The van der Waals surface area contributed by atoms with E-state index >= 15 is 0 Å². The molecule has 6 heteroatoms. The van der Waals surface area contributed by atoms with Gasteiger partial charge in [-0.2, -0.15) is 0 Å². The maximum absolute atomic E-state index is 12.1. The van der Waals surface area contributed by atoms with Gasteiger partial charge in [-0.25, -0.2) is 9.59 Å². The molecule has 1 atom stereocenters. The minimum atomic E-state index is -1.03. The minimum Gasteiger partial charge on any atom is -0.480 e. The van der Waals surface area contributed by atoms with Crippen LogP contribution in [0, 0.1) is 5.92 Å². The Balaban J connectivity index is 2.71. The molecule has 0 unspecified atom stereocenters. The number of amides is 2. The number of hydrogen-bond donors (Lipinski definition) is 2. The van der Waals surface area contributed by atoms with Crippen molar-refractivity contribution in [1.82, 2.24) is 15.2 Å². The summed E-state index contributed by atoms with van der Waals surface area (Å²) in [5, 5.41) is 11.6. The van der Waals surface area contributed by atoms with Crippen molar-refractivity contribution in [3.05, 3.63) is 29.6 Å². The number of carboxylic acid groups (broad SMARTS) is 1. The number of pyridine rings is 1. The van der Waals surface area contributed by atoms with Crippen molar-refractivity contribution in [3.63, 3.8) is 0 Å². The van der Waals surface area contributed by atoms with Crippen molar-refractivity contribution < 1.29 is 14.7 Å². The van der Waals surface area contributed by atoms with E-state index in [2.05, 4.69) is 24.1 Å². The van der Waals surface area contributed by atoms with Crippen LogP contribution in [0.2, 0.25) is 0 Å². The third-order valence-corrected chi connectivity index (χ3v) is 3.38. The summed E-state index contributed by atoms with van der Waals surface area (Å²) < 4.78 is 0. The highest BCUT2D eigenvalue weighted by Gasteiger charge is 2.24. The Hall–Kier alpha value is -2.11. The highest BCUT2D eigenvalue weighted by atomic mass is 16.4. The van der Waals surface area contributed by atoms with E-state index in [1.165, 1.54) is 4.90 Å². The van der Waals surface area contributed by atoms with E-state index in [9.17, 15) is 9.59 Å². The Morgan fingerprint density at radius 3 is 2.41 bits per heavy atom. The molecule has 1 aromatic rings. The molecule has 0 aromatic carbocycles. The lowest BCUT2D eigenvalue weighted by Gasteiger charge is -2.23. The third kappa shape index (κ3) is 5.02. The van der Waals surface area contributed by atoms with Gasteiger partial charge in [-0.3, -0.25) is 4.98 Å². The number of carbonyl (C=O) groups excluding carboxylic acids is 1. The lowest BCUT2D eigenvalue weighted by molar-refractivity contribution is -0.140. The predicted octanol–water partition coefficient (Wildman–Crippen LogP) is 2.46. The number of carboxylic acids is 1. The Bertz CT molecular complexity index is 529. The maximum Gasteiger partial charge on any atom is 0.326 e. The average molecular weight is 307 g/mol. The zero-order valence-electron chi connectivity index (χ0n) is 13.8. The van der Waals surface area contributed by atoms with Gasteiger partial charge in [0, 0.05) is 12.7 Å². The van der Waals surface area contributed by atoms with Gasteiger partial charge in [0.25, 0.3) is 0 Å². The summed E-state index contributed by atoms with van der Waals surface area (Å²) in [6, 6.07) is 4.40. The van der Waals surface area contributed by atoms with E-state index in [0.29, 0.717) is 12.5 Å². The third-order valence-electron chi connectivity index (χ3n) is 3.38. The van der Waals surface area contributed by atoms with Gasteiger partial charge in [0.15, 0.2) is 0 Å². The molecule has 122 valence electrons. The first-order valence-corrected chi connectivity index (χ1v) is 7.42. The highest BCUT2D eigenvalue weighted by molar-refractivity contribution is 5.82. The molecular formula is C16H25N3O3. The molecule has 1 aromatic heterocycles. The van der Waals surface area contributed by atoms with Gasteiger partial charge in [-0.1, -0.05) is 33.8 Å². The van der Waals surface area contributed by atoms with Crippen molar-refractivity contribution in [1.29, 1.82) is 0 Å². The van der Waals surface area contributed by atoms with Gasteiger partial charge in [0.1, 0.15) is 6.04 Å². The molecule has 0 radical (unpaired) electrons. The van der Waals surface area contributed by atoms with Crippen LogP contribution in [-0.4, -0.2) is 40.1 Å². The summed E-state index contributed by atoms with van der Waals surface area (Å²) in [5.74, 6) is -0.898. The van der Waals surface area contributed by atoms with Crippen molar-refractivity contribution in [2.45, 2.75) is 46.2 Å². The summed E-state index contributed by atoms with van der Waals surface area (Å²) in [7, 11) is 1.62. The molecule has 0 aliphatic carbocycles. The van der Waals surface area contributed by atoms with E-state index in [0.717, 1.165) is 11.4 Å². The van der Waals surface area contributed by atoms with Gasteiger partial charge in [0.2, 0.25) is 0 Å². The summed E-state index contributed by atoms with van der Waals surface area (Å²) in [5.41, 5.74) is 1.75. The number of nitrogens with one attached hydrogen (secondary N) is 1. The summed E-state index contributed by atoms with van der Waals surface area (Å²) >= 11 is 0. The lowest BCUT2D eigenvalue weighted by Crippen LogP contribution is -2.48. The SMILES string of the molecule is CC(C)c1cccc(CN(C)C(=O)N[C@H](C(=O)O)C(C)C)n1. The van der Waals surface area contributed by atoms with Crippen LogP contribution in [0.4, 0.5) is 4.79 Å². The fourth-order valence-corrected chi connectivity index (χ4v) is 1.98. The monoisotopic (exact) mass is 307 g/mol. The molecule has 2 N–H and O–H groups in total. The standard InChI is InChI=1S/C16H25N3O3/c1-10(2)13-8-6-7-12(17-13)9-19(5)16(22)18-14(11(3)4)15(20)21/h6-8,10-11,14H,9H2,1-5H3,(H,18,22)(H,20,21)/t14-/m0/s1. The van der Waals surface area contributed by atoms with Crippen LogP contribution >= 0.6 is 0 Å². The normalized spacial score (nSPS) is 12.3. The van der Waals surface area contributed by atoms with Gasteiger partial charge in [0.05, 0.1) is 12.2 Å². The van der Waals surface area contributed by atoms with Gasteiger partial charge < -0.3 is 15.3 Å². The van der Waals surface area contributed by atoms with Gasteiger partial charge in [-0.15, -0.1) is 0 Å². The van der Waals surface area contributed by atoms with Crippen LogP contribution in [0.25, 0.3) is 0 Å². The molecule has 0 spiro atoms. The van der Waals surface area contributed by atoms with Crippen molar-refractivity contribution in [3.8, 4) is 0 Å². The number of hydrogen-bond acceptors (Lipinski definition) is 3. The van der Waals surface area contributed by atoms with Crippen LogP contribution in [0.3, 0.4) is 0 Å². The van der Waals surface area contributed by atoms with Gasteiger partial charge >= 0.3 is 12.0 Å². The molecule has 0 saturated carbocycles. The van der Waals surface area contributed by atoms with Crippen LogP contribution in [0.15, 0.2) is 18.2 Å². The van der Waals surface area contributed by atoms with E-state index in [4.69, 9.17) is 5.11 Å². The number of urea groups is 1. The maximum atomic E-state index is 12.1. The van der Waals surface area contributed by atoms with Gasteiger partial charge in [-0.05, 0) is 24.0 Å². The molecule has 0 aliphatic rings. The Morgan fingerprint density at radius 1 is 1.27 bits per heavy atom. The fraction of sp³-hybridized carbons (Fsp3) is 0.562. The van der Waals surface area contributed by atoms with E-state index in [-0.39, 0.29) is 5.92 Å². The molecular weight excluding hydrogens is 282 g/mol. The quantitative estimate of drug-likeness (QED) is 0.845. The Kier molecular flexibility index (Phi) is 6.34. The molecule has 6 nitrogen and oxygen atoms in total. The fourth-order valence-electron chi connectivity index (χ4n) is 1.98. The second-order valence-corrected chi connectivity index (χ2v) is 6.07. The van der Waals surface area contributed by atoms with E-state index in [1.807, 2.05) is 18.2 Å². The first-order chi connectivity index (χ1) is 10.2. The van der Waals surface area contributed by atoms with Crippen LogP contribution < -0.4 is 5.32 Å². The second-order valence-electron chi connectivity index (χ2n) is 6.07. The largest absolute Gasteiger partial charge is 0.480 e. The Morgan fingerprint density at radius 2 is 1.91 bits per heavy atom. The first kappa shape index (κ1) is 17.9. The molecule has 0 aliphatic heterocycles. The molecule has 1 heterocycles. The van der Waals surface area contributed by atoms with Crippen LogP contribution in [-0.2, 0) is 11.3 Å². The van der Waals surface area contributed by atoms with Crippen molar-refractivity contribution in [2.24, 2.45) is 5.92 Å². The molecule has 22 heavy (non-hydrogen) atoms. The average Bonchev–Trinajstić information content (AvgIpc) is 2.43. The van der Waals surface area contributed by atoms with Crippen molar-refractivity contribution >= 4 is 12.0 Å². The first-order valence-electron chi connectivity index (χ1n) is 7.42. The van der Waals surface area contributed by atoms with Crippen molar-refractivity contribution in [2.75, 3.05) is 7.05 Å². The zero-order valence-corrected chi connectivity index (χ0v) is 13.8. The zero-order chi connectivity index (χ0) is 16.9. The molecule has 0 saturated heterocycles. The molecule has 2 amide bonds. The van der Waals surface area contributed by atoms with Crippen LogP contribution in [0.1, 0.15) is 45.0 Å². The topological polar surface area (TPSA) is 82.5 Å². The number of rotatable bonds is 6. The number of carbonyl (C=O) groups is 2. The number of nitrogens with zero attached hydrogens (tertiary/aromatic N) is 2. The predicted molar refractivity (Wildman–Crippen MR) is 84.6 cm³/mol. The lowest BCUT2D eigenvalue weighted by atomic mass is 10.1. The minimum absolute atomic E-state index is 0.183. The smallest absolute Gasteiger partial charge is 0.326 e. The van der Waals surface area contributed by atoms with E-state index in [1.54, 1.807) is 20.9 Å². The van der Waals surface area contributed by atoms with Crippen LogP contribution in [0.5, 0.6) is 0 Å². The Labute approximate surface area is 131 Å². The summed E-state index contributed by atoms with van der Waals surface area (Å²) in [6.07, 6.45) is 0.